The van der Waals surface area contributed by atoms with E-state index in [2.05, 4.69) is 34.7 Å². The Labute approximate surface area is 122 Å². The lowest BCUT2D eigenvalue weighted by Crippen LogP contribution is -2.22. The Kier molecular flexibility index (Phi) is 4.45. The number of benzene rings is 1. The van der Waals surface area contributed by atoms with Gasteiger partial charge in [-0.1, -0.05) is 29.8 Å². The molecule has 1 aromatic rings. The average molecular weight is 327 g/mol. The van der Waals surface area contributed by atoms with Crippen LogP contribution in [0.4, 0.5) is 11.4 Å². The fourth-order valence-electron chi connectivity index (χ4n) is 2.65. The van der Waals surface area contributed by atoms with Gasteiger partial charge in [0.1, 0.15) is 0 Å². The zero-order valence-corrected chi connectivity index (χ0v) is 12.9. The van der Waals surface area contributed by atoms with Gasteiger partial charge in [-0.15, -0.1) is 0 Å². The van der Waals surface area contributed by atoms with Crippen LogP contribution in [-0.2, 0) is 5.33 Å². The average Bonchev–Trinajstić information content (AvgIpc) is 2.87. The first-order valence-corrected chi connectivity index (χ1v) is 7.73. The molecule has 0 saturated carbocycles. The van der Waals surface area contributed by atoms with Crippen LogP contribution in [0.3, 0.4) is 0 Å². The number of hydrogen-bond acceptors (Lipinski definition) is 3. The molecular weight excluding hydrogens is 308 g/mol. The molecule has 0 bridgehead atoms. The minimum Gasteiger partial charge on any atom is -0.371 e. The maximum Gasteiger partial charge on any atom is 0.269 e. The fourth-order valence-corrected chi connectivity index (χ4v) is 3.10. The lowest BCUT2D eigenvalue weighted by atomic mass is 9.95. The van der Waals surface area contributed by atoms with Crippen LogP contribution >= 0.6 is 15.9 Å². The highest BCUT2D eigenvalue weighted by atomic mass is 79.9. The number of nitro benzene ring substituents is 1. The quantitative estimate of drug-likeness (QED) is 0.477. The third-order valence-electron chi connectivity index (χ3n) is 3.93. The summed E-state index contributed by atoms with van der Waals surface area (Å²) in [4.78, 5) is 12.8. The van der Waals surface area contributed by atoms with Crippen LogP contribution in [0.5, 0.6) is 0 Å². The van der Waals surface area contributed by atoms with Gasteiger partial charge in [0.15, 0.2) is 0 Å². The zero-order valence-electron chi connectivity index (χ0n) is 11.3. The molecule has 0 radical (unpaired) electrons. The van der Waals surface area contributed by atoms with E-state index in [9.17, 15) is 10.1 Å². The molecule has 1 aliphatic heterocycles. The predicted molar refractivity (Wildman–Crippen MR) is 80.9 cm³/mol. The van der Waals surface area contributed by atoms with Crippen molar-refractivity contribution in [3.05, 3.63) is 33.9 Å². The molecule has 1 atom stereocenters. The molecule has 1 unspecified atom stereocenters. The molecule has 5 heteroatoms. The number of halogens is 1. The van der Waals surface area contributed by atoms with Crippen molar-refractivity contribution in [3.63, 3.8) is 0 Å². The first kappa shape index (κ1) is 14.3. The third kappa shape index (κ3) is 3.08. The van der Waals surface area contributed by atoms with Crippen molar-refractivity contribution in [2.75, 3.05) is 18.0 Å². The van der Waals surface area contributed by atoms with E-state index in [1.807, 2.05) is 6.07 Å². The second kappa shape index (κ2) is 5.90. The summed E-state index contributed by atoms with van der Waals surface area (Å²) >= 11 is 3.43. The van der Waals surface area contributed by atoms with E-state index < -0.39 is 0 Å². The minimum atomic E-state index is -0.336. The number of anilines is 1. The van der Waals surface area contributed by atoms with Crippen LogP contribution in [0.15, 0.2) is 18.2 Å². The number of rotatable bonds is 4. The maximum absolute atomic E-state index is 10.8. The summed E-state index contributed by atoms with van der Waals surface area (Å²) in [6.07, 6.45) is 1.20. The highest BCUT2D eigenvalue weighted by Crippen LogP contribution is 2.33. The molecule has 1 aliphatic rings. The van der Waals surface area contributed by atoms with Gasteiger partial charge in [-0.25, -0.2) is 0 Å². The van der Waals surface area contributed by atoms with Crippen molar-refractivity contribution >= 4 is 27.3 Å². The second-order valence-electron chi connectivity index (χ2n) is 5.44. The van der Waals surface area contributed by atoms with Gasteiger partial charge in [-0.2, -0.15) is 0 Å². The Hall–Kier alpha value is -1.10. The summed E-state index contributed by atoms with van der Waals surface area (Å²) in [6, 6.07) is 5.16. The van der Waals surface area contributed by atoms with E-state index in [0.717, 1.165) is 30.3 Å². The Morgan fingerprint density at radius 1 is 1.53 bits per heavy atom. The monoisotopic (exact) mass is 326 g/mol. The molecule has 1 fully saturated rings. The summed E-state index contributed by atoms with van der Waals surface area (Å²) in [5.41, 5.74) is 2.29. The summed E-state index contributed by atoms with van der Waals surface area (Å²) in [5.74, 6) is 1.41. The van der Waals surface area contributed by atoms with Crippen LogP contribution < -0.4 is 4.90 Å². The number of hydrogen-bond donors (Lipinski definition) is 0. The Balaban J connectivity index is 2.23. The van der Waals surface area contributed by atoms with Crippen molar-refractivity contribution in [2.45, 2.75) is 25.6 Å². The second-order valence-corrected chi connectivity index (χ2v) is 6.00. The summed E-state index contributed by atoms with van der Waals surface area (Å²) in [7, 11) is 0. The van der Waals surface area contributed by atoms with Gasteiger partial charge in [0, 0.05) is 36.2 Å². The molecule has 1 saturated heterocycles. The van der Waals surface area contributed by atoms with Gasteiger partial charge in [-0.05, 0) is 29.9 Å². The van der Waals surface area contributed by atoms with Crippen molar-refractivity contribution in [1.29, 1.82) is 0 Å². The van der Waals surface area contributed by atoms with Crippen LogP contribution in [-0.4, -0.2) is 18.0 Å². The normalized spacial score (nSPS) is 19.2. The smallest absolute Gasteiger partial charge is 0.269 e. The van der Waals surface area contributed by atoms with E-state index in [4.69, 9.17) is 0 Å². The SMILES string of the molecule is CC(C)C1CCN(c2ccc([N+](=O)[O-])cc2CBr)C1. The van der Waals surface area contributed by atoms with Gasteiger partial charge in [0.25, 0.3) is 5.69 Å². The summed E-state index contributed by atoms with van der Waals surface area (Å²) < 4.78 is 0. The Morgan fingerprint density at radius 3 is 2.79 bits per heavy atom. The molecular formula is C14H19BrN2O2. The topological polar surface area (TPSA) is 46.4 Å². The summed E-state index contributed by atoms with van der Waals surface area (Å²) in [5, 5.41) is 11.5. The molecule has 4 nitrogen and oxygen atoms in total. The molecule has 2 rings (SSSR count). The van der Waals surface area contributed by atoms with Gasteiger partial charge in [0.05, 0.1) is 4.92 Å². The Bertz CT molecular complexity index is 477. The molecule has 104 valence electrons. The fraction of sp³-hybridized carbons (Fsp3) is 0.571. The minimum absolute atomic E-state index is 0.165. The van der Waals surface area contributed by atoms with Gasteiger partial charge >= 0.3 is 0 Å². The predicted octanol–water partition coefficient (Wildman–Crippen LogP) is 3.97. The van der Waals surface area contributed by atoms with Gasteiger partial charge in [-0.3, -0.25) is 10.1 Å². The number of nitro groups is 1. The lowest BCUT2D eigenvalue weighted by molar-refractivity contribution is -0.384. The van der Waals surface area contributed by atoms with Crippen molar-refractivity contribution in [3.8, 4) is 0 Å². The third-order valence-corrected chi connectivity index (χ3v) is 4.53. The molecule has 0 N–H and O–H groups in total. The highest BCUT2D eigenvalue weighted by molar-refractivity contribution is 9.08. The lowest BCUT2D eigenvalue weighted by Gasteiger charge is -2.22. The molecule has 1 heterocycles. The van der Waals surface area contributed by atoms with Gasteiger partial charge in [0.2, 0.25) is 0 Å². The van der Waals surface area contributed by atoms with Crippen LogP contribution in [0.1, 0.15) is 25.8 Å². The zero-order chi connectivity index (χ0) is 14.0. The summed E-state index contributed by atoms with van der Waals surface area (Å²) in [6.45, 7) is 6.61. The van der Waals surface area contributed by atoms with E-state index in [1.54, 1.807) is 12.1 Å². The number of nitrogens with zero attached hydrogens (tertiary/aromatic N) is 2. The number of alkyl halides is 1. The first-order chi connectivity index (χ1) is 9.02. The maximum atomic E-state index is 10.8. The van der Waals surface area contributed by atoms with E-state index >= 15 is 0 Å². The van der Waals surface area contributed by atoms with Crippen LogP contribution in [0.25, 0.3) is 0 Å². The van der Waals surface area contributed by atoms with Crippen LogP contribution in [0.2, 0.25) is 0 Å². The first-order valence-electron chi connectivity index (χ1n) is 6.61. The van der Waals surface area contributed by atoms with Crippen molar-refractivity contribution in [2.24, 2.45) is 11.8 Å². The molecule has 0 aromatic heterocycles. The van der Waals surface area contributed by atoms with Crippen LogP contribution in [0, 0.1) is 22.0 Å². The van der Waals surface area contributed by atoms with E-state index in [1.165, 1.54) is 6.42 Å². The molecule has 0 spiro atoms. The van der Waals surface area contributed by atoms with E-state index in [-0.39, 0.29) is 10.6 Å². The van der Waals surface area contributed by atoms with Crippen molar-refractivity contribution in [1.82, 2.24) is 0 Å². The largest absolute Gasteiger partial charge is 0.371 e. The Morgan fingerprint density at radius 2 is 2.26 bits per heavy atom. The molecule has 1 aromatic carbocycles. The number of non-ortho nitro benzene ring substituents is 1. The molecule has 0 aliphatic carbocycles. The molecule has 0 amide bonds. The van der Waals surface area contributed by atoms with E-state index in [0.29, 0.717) is 11.2 Å². The molecule has 19 heavy (non-hydrogen) atoms. The highest BCUT2D eigenvalue weighted by Gasteiger charge is 2.26. The standard InChI is InChI=1S/C14H19BrN2O2/c1-10(2)11-5-6-16(9-11)14-4-3-13(17(18)19)7-12(14)8-15/h3-4,7,10-11H,5-6,8-9H2,1-2H3. The van der Waals surface area contributed by atoms with Gasteiger partial charge < -0.3 is 4.90 Å². The van der Waals surface area contributed by atoms with Crippen molar-refractivity contribution < 1.29 is 4.92 Å².